The van der Waals surface area contributed by atoms with Gasteiger partial charge in [0.05, 0.1) is 31.0 Å². The maximum atomic E-state index is 10.3. The Morgan fingerprint density at radius 3 is 1.76 bits per heavy atom. The number of fused-ring (bicyclic) bond motifs is 1. The molecule has 0 bridgehead atoms. The molecule has 3 rings (SSSR count). The highest BCUT2D eigenvalue weighted by atomic mass is 28.4. The molecule has 54 heavy (non-hydrogen) atoms. The van der Waals surface area contributed by atoms with Crippen LogP contribution < -0.4 is 0 Å². The van der Waals surface area contributed by atoms with Crippen molar-refractivity contribution in [1.29, 1.82) is 0 Å². The third-order valence-electron chi connectivity index (χ3n) is 15.5. The smallest absolute Gasteiger partial charge is 0.192 e. The van der Waals surface area contributed by atoms with Crippen LogP contribution in [0.1, 0.15) is 154 Å². The average molecular weight is 807 g/mol. The van der Waals surface area contributed by atoms with Gasteiger partial charge in [0, 0.05) is 0 Å². The Balaban J connectivity index is 1.95. The molecule has 1 N–H and O–H groups in total. The third-order valence-corrected chi connectivity index (χ3v) is 29.1. The second-order valence-electron chi connectivity index (χ2n) is 23.5. The van der Waals surface area contributed by atoms with E-state index >= 15 is 0 Å². The van der Waals surface area contributed by atoms with E-state index in [9.17, 15) is 5.11 Å². The Hall–Kier alpha value is -0.0694. The summed E-state index contributed by atoms with van der Waals surface area (Å²) in [7, 11) is -6.12. The van der Waals surface area contributed by atoms with E-state index < -0.39 is 30.6 Å². The van der Waals surface area contributed by atoms with Gasteiger partial charge in [-0.15, -0.1) is 0 Å². The maximum Gasteiger partial charge on any atom is 0.192 e. The van der Waals surface area contributed by atoms with Crippen LogP contribution in [0.2, 0.25) is 54.4 Å². The minimum absolute atomic E-state index is 0.0517. The Labute approximate surface area is 339 Å². The molecule has 3 fully saturated rings. The van der Waals surface area contributed by atoms with Gasteiger partial charge in [-0.25, -0.2) is 0 Å². The van der Waals surface area contributed by atoms with Crippen molar-refractivity contribution in [3.63, 3.8) is 0 Å². The van der Waals surface area contributed by atoms with Gasteiger partial charge in [0.25, 0.3) is 0 Å². The van der Waals surface area contributed by atoms with Crippen molar-refractivity contribution in [2.24, 2.45) is 23.2 Å². The summed E-state index contributed by atoms with van der Waals surface area (Å²) in [4.78, 5) is 0. The number of rotatable bonds is 15. The lowest BCUT2D eigenvalue weighted by molar-refractivity contribution is -0.105. The predicted molar refractivity (Wildman–Crippen MR) is 240 cm³/mol. The summed E-state index contributed by atoms with van der Waals surface area (Å²) in [6.45, 7) is 45.4. The zero-order valence-electron chi connectivity index (χ0n) is 39.2. The monoisotopic (exact) mass is 807 g/mol. The summed E-state index contributed by atoms with van der Waals surface area (Å²) < 4.78 is 28.3. The summed E-state index contributed by atoms with van der Waals surface area (Å²) in [5.74, 6) is 2.13. The van der Waals surface area contributed by atoms with Gasteiger partial charge >= 0.3 is 0 Å². The summed E-state index contributed by atoms with van der Waals surface area (Å²) in [5.41, 5.74) is 2.93. The minimum Gasteiger partial charge on any atom is -0.414 e. The van der Waals surface area contributed by atoms with E-state index in [1.165, 1.54) is 44.1 Å². The molecule has 4 unspecified atom stereocenters. The van der Waals surface area contributed by atoms with Crippen molar-refractivity contribution < 1.29 is 23.1 Å². The van der Waals surface area contributed by atoms with Gasteiger partial charge in [-0.1, -0.05) is 112 Å². The van der Waals surface area contributed by atoms with E-state index in [1.54, 1.807) is 5.57 Å². The Kier molecular flexibility index (Phi) is 15.8. The van der Waals surface area contributed by atoms with Crippen molar-refractivity contribution in [3.8, 4) is 0 Å². The largest absolute Gasteiger partial charge is 0.414 e. The van der Waals surface area contributed by atoms with E-state index in [1.807, 2.05) is 13.8 Å². The molecule has 0 aromatic heterocycles. The lowest BCUT2D eigenvalue weighted by Gasteiger charge is -2.48. The number of hydrogen-bond acceptors (Lipinski definition) is 5. The van der Waals surface area contributed by atoms with Gasteiger partial charge in [0.2, 0.25) is 0 Å². The van der Waals surface area contributed by atoms with Crippen molar-refractivity contribution in [2.75, 3.05) is 13.2 Å². The number of allylic oxidation sites excluding steroid dienone is 3. The molecule has 0 spiro atoms. The van der Waals surface area contributed by atoms with Crippen LogP contribution in [0.3, 0.4) is 0 Å². The minimum atomic E-state index is -2.12. The quantitative estimate of drug-likeness (QED) is 0.132. The van der Waals surface area contributed by atoms with Crippen LogP contribution in [0, 0.1) is 23.2 Å². The number of ether oxygens (including phenoxy) is 1. The first-order valence-corrected chi connectivity index (χ1v) is 30.8. The average Bonchev–Trinajstić information content (AvgIpc) is 3.34. The molecule has 3 saturated carbocycles. The molecule has 0 radical (unpaired) electrons. The van der Waals surface area contributed by atoms with Crippen LogP contribution in [-0.2, 0) is 18.0 Å². The molecule has 5 nitrogen and oxygen atoms in total. The van der Waals surface area contributed by atoms with E-state index in [0.717, 1.165) is 31.6 Å². The molecule has 3 aliphatic carbocycles. The molecule has 8 heteroatoms. The molecule has 0 heterocycles. The summed E-state index contributed by atoms with van der Waals surface area (Å²) in [6, 6.07) is 0. The zero-order chi connectivity index (χ0) is 41.3. The molecule has 0 aromatic rings. The first kappa shape index (κ1) is 48.3. The first-order valence-electron chi connectivity index (χ1n) is 22.0. The van der Waals surface area contributed by atoms with E-state index in [0.29, 0.717) is 30.5 Å². The fourth-order valence-corrected chi connectivity index (χ4v) is 12.6. The van der Waals surface area contributed by atoms with Crippen LogP contribution in [0.5, 0.6) is 0 Å². The fraction of sp³-hybridized carbons (Fsp3) is 0.913. The highest BCUT2D eigenvalue weighted by molar-refractivity contribution is 6.75. The first-order chi connectivity index (χ1) is 24.3. The molecule has 3 aliphatic rings. The van der Waals surface area contributed by atoms with Gasteiger partial charge in [0.1, 0.15) is 6.10 Å². The zero-order valence-corrected chi connectivity index (χ0v) is 42.2. The maximum absolute atomic E-state index is 10.3. The lowest BCUT2D eigenvalue weighted by Crippen LogP contribution is -2.56. The summed E-state index contributed by atoms with van der Waals surface area (Å²) >= 11 is 0. The van der Waals surface area contributed by atoms with Crippen molar-refractivity contribution in [3.05, 3.63) is 23.3 Å². The SMILES string of the molecule is C[C@@H](CCCC(C)(C)O)C1CCC2/C(=C/C=C3C[C@H](O[Si](C)(C)C(C)(C)C)C(OCCO[Si](C)(C)C(C)(C)C)[C@H](O[Si](C)(C)C(C)(C)C)C3)CCCC21C. The molecule has 0 aromatic carbocycles. The van der Waals surface area contributed by atoms with Crippen LogP contribution >= 0.6 is 0 Å². The number of aliphatic hydroxyl groups is 1. The topological polar surface area (TPSA) is 57.2 Å². The predicted octanol–water partition coefficient (Wildman–Crippen LogP) is 13.6. The molecular formula is C46H90O5Si3. The Bertz CT molecular complexity index is 1230. The Morgan fingerprint density at radius 2 is 1.28 bits per heavy atom. The van der Waals surface area contributed by atoms with Crippen molar-refractivity contribution in [2.45, 2.75) is 233 Å². The Morgan fingerprint density at radius 1 is 0.759 bits per heavy atom. The lowest BCUT2D eigenvalue weighted by atomic mass is 9.60. The second-order valence-corrected chi connectivity index (χ2v) is 37.9. The van der Waals surface area contributed by atoms with Crippen LogP contribution in [-0.4, -0.2) is 67.2 Å². The van der Waals surface area contributed by atoms with Gasteiger partial charge in [-0.2, -0.15) is 0 Å². The van der Waals surface area contributed by atoms with Crippen LogP contribution in [0.15, 0.2) is 23.3 Å². The summed E-state index contributed by atoms with van der Waals surface area (Å²) in [5, 5.41) is 10.7. The third kappa shape index (κ3) is 12.2. The fourth-order valence-electron chi connectivity index (χ4n) is 8.95. The molecule has 0 amide bonds. The standard InChI is InChI=1S/C46H90O5Si3/c1-34(22-20-28-45(11,12)47)37-26-27-38-36(23-21-29-46(37,38)13)25-24-35-32-39(50-53(16,17)43(5,6)7)41(40(33-35)51-54(18,19)44(8,9)10)48-30-31-49-52(14,15)42(2,3)4/h24-25,34,37-41,47H,20-23,26-33H2,1-19H3/b35-24?,36-25+/t34-,37?,38?,39-,40+,41?,46?/m0/s1. The number of hydrogen-bond donors (Lipinski definition) is 1. The van der Waals surface area contributed by atoms with Crippen LogP contribution in [0.4, 0.5) is 0 Å². The molecular weight excluding hydrogens is 717 g/mol. The molecule has 0 saturated heterocycles. The molecule has 316 valence electrons. The van der Waals surface area contributed by atoms with E-state index in [2.05, 4.69) is 128 Å². The molecule has 7 atom stereocenters. The highest BCUT2D eigenvalue weighted by Gasteiger charge is 2.51. The van der Waals surface area contributed by atoms with Gasteiger partial charge < -0.3 is 23.1 Å². The van der Waals surface area contributed by atoms with Gasteiger partial charge in [-0.3, -0.25) is 0 Å². The van der Waals surface area contributed by atoms with Crippen LogP contribution in [0.25, 0.3) is 0 Å². The van der Waals surface area contributed by atoms with Crippen molar-refractivity contribution >= 4 is 25.0 Å². The second kappa shape index (κ2) is 17.6. The highest BCUT2D eigenvalue weighted by Crippen LogP contribution is 2.60. The van der Waals surface area contributed by atoms with Gasteiger partial charge in [0.15, 0.2) is 25.0 Å². The van der Waals surface area contributed by atoms with E-state index in [-0.39, 0.29) is 33.4 Å². The summed E-state index contributed by atoms with van der Waals surface area (Å²) in [6.07, 6.45) is 16.3. The van der Waals surface area contributed by atoms with Gasteiger partial charge in [-0.05, 0) is 143 Å². The normalized spacial score (nSPS) is 30.3. The van der Waals surface area contributed by atoms with E-state index in [4.69, 9.17) is 18.0 Å². The molecule has 0 aliphatic heterocycles. The van der Waals surface area contributed by atoms with Crippen molar-refractivity contribution in [1.82, 2.24) is 0 Å².